The number of nitrogens with one attached hydrogen (secondary N) is 1. The molecule has 0 saturated carbocycles. The standard InChI is InChI=1S/C23H27N5O/c1-2-18-5-7-19(8-6-18)17-27-14-10-21(11-15-27)28-22(9-13-25-28)26-23(29)20-4-3-12-24-16-20/h3-9,12-13,16,21H,2,10-11,14-15,17H2,1H3,(H,26,29). The fraction of sp³-hybridized carbons (Fsp3) is 0.348. The van der Waals surface area contributed by atoms with E-state index in [4.69, 9.17) is 0 Å². The Hall–Kier alpha value is -2.99. The molecule has 6 heteroatoms. The maximum Gasteiger partial charge on any atom is 0.258 e. The van der Waals surface area contributed by atoms with E-state index < -0.39 is 0 Å². The molecule has 4 rings (SSSR count). The van der Waals surface area contributed by atoms with Crippen LogP contribution in [0.1, 0.15) is 47.3 Å². The first-order chi connectivity index (χ1) is 14.2. The van der Waals surface area contributed by atoms with Gasteiger partial charge in [0.2, 0.25) is 0 Å². The van der Waals surface area contributed by atoms with Crippen molar-refractivity contribution in [1.82, 2.24) is 19.7 Å². The highest BCUT2D eigenvalue weighted by Gasteiger charge is 2.23. The minimum atomic E-state index is -0.159. The number of benzene rings is 1. The number of likely N-dealkylation sites (tertiary alicyclic amines) is 1. The molecule has 1 fully saturated rings. The fourth-order valence-corrected chi connectivity index (χ4v) is 3.85. The molecule has 0 atom stereocenters. The summed E-state index contributed by atoms with van der Waals surface area (Å²) in [5, 5.41) is 7.46. The molecule has 6 nitrogen and oxygen atoms in total. The number of anilines is 1. The normalized spacial score (nSPS) is 15.3. The van der Waals surface area contributed by atoms with E-state index in [2.05, 4.69) is 51.5 Å². The Kier molecular flexibility index (Phi) is 6.00. The van der Waals surface area contributed by atoms with E-state index in [1.165, 1.54) is 11.1 Å². The number of nitrogens with zero attached hydrogens (tertiary/aromatic N) is 4. The Balaban J connectivity index is 1.34. The van der Waals surface area contributed by atoms with Gasteiger partial charge in [0.05, 0.1) is 17.8 Å². The van der Waals surface area contributed by atoms with Crippen molar-refractivity contribution < 1.29 is 4.79 Å². The summed E-state index contributed by atoms with van der Waals surface area (Å²) in [5.41, 5.74) is 3.29. The zero-order chi connectivity index (χ0) is 20.1. The number of pyridine rings is 1. The van der Waals surface area contributed by atoms with Crippen LogP contribution in [0, 0.1) is 0 Å². The van der Waals surface area contributed by atoms with Crippen molar-refractivity contribution in [2.24, 2.45) is 0 Å². The van der Waals surface area contributed by atoms with Crippen LogP contribution >= 0.6 is 0 Å². The van der Waals surface area contributed by atoms with Gasteiger partial charge in [-0.15, -0.1) is 0 Å². The molecule has 0 spiro atoms. The van der Waals surface area contributed by atoms with Crippen molar-refractivity contribution in [3.63, 3.8) is 0 Å². The van der Waals surface area contributed by atoms with E-state index in [1.54, 1.807) is 30.7 Å². The number of aromatic nitrogens is 3. The minimum Gasteiger partial charge on any atom is -0.307 e. The van der Waals surface area contributed by atoms with Crippen LogP contribution in [0.4, 0.5) is 5.82 Å². The number of aryl methyl sites for hydroxylation is 1. The summed E-state index contributed by atoms with van der Waals surface area (Å²) in [7, 11) is 0. The fourth-order valence-electron chi connectivity index (χ4n) is 3.85. The number of hydrogen-bond donors (Lipinski definition) is 1. The van der Waals surface area contributed by atoms with Crippen molar-refractivity contribution in [3.05, 3.63) is 77.7 Å². The number of carbonyl (C=O) groups excluding carboxylic acids is 1. The van der Waals surface area contributed by atoms with Gasteiger partial charge in [0.1, 0.15) is 5.82 Å². The third-order valence-electron chi connectivity index (χ3n) is 5.58. The average Bonchev–Trinajstić information content (AvgIpc) is 3.23. The third kappa shape index (κ3) is 4.71. The zero-order valence-corrected chi connectivity index (χ0v) is 16.8. The summed E-state index contributed by atoms with van der Waals surface area (Å²) in [6.45, 7) is 5.22. The van der Waals surface area contributed by atoms with Crippen molar-refractivity contribution in [2.45, 2.75) is 38.8 Å². The number of rotatable bonds is 6. The van der Waals surface area contributed by atoms with Gasteiger partial charge in [0.15, 0.2) is 0 Å². The summed E-state index contributed by atoms with van der Waals surface area (Å²) >= 11 is 0. The molecule has 29 heavy (non-hydrogen) atoms. The summed E-state index contributed by atoms with van der Waals surface area (Å²) in [6.07, 6.45) is 8.10. The van der Waals surface area contributed by atoms with Gasteiger partial charge in [0.25, 0.3) is 5.91 Å². The highest BCUT2D eigenvalue weighted by molar-refractivity contribution is 6.03. The zero-order valence-electron chi connectivity index (χ0n) is 16.8. The monoisotopic (exact) mass is 389 g/mol. The summed E-state index contributed by atoms with van der Waals surface area (Å²) in [6, 6.07) is 14.6. The molecular weight excluding hydrogens is 362 g/mol. The molecule has 0 aliphatic carbocycles. The molecule has 1 aliphatic heterocycles. The van der Waals surface area contributed by atoms with Gasteiger partial charge in [-0.25, -0.2) is 4.68 Å². The van der Waals surface area contributed by atoms with Crippen LogP contribution in [0.15, 0.2) is 61.1 Å². The van der Waals surface area contributed by atoms with E-state index in [0.29, 0.717) is 11.6 Å². The minimum absolute atomic E-state index is 0.159. The van der Waals surface area contributed by atoms with Crippen LogP contribution in [0.2, 0.25) is 0 Å². The molecule has 1 aliphatic rings. The van der Waals surface area contributed by atoms with Crippen molar-refractivity contribution in [2.75, 3.05) is 18.4 Å². The van der Waals surface area contributed by atoms with Gasteiger partial charge in [-0.3, -0.25) is 14.7 Å². The molecule has 1 amide bonds. The molecule has 1 N–H and O–H groups in total. The topological polar surface area (TPSA) is 63.1 Å². The number of carbonyl (C=O) groups is 1. The summed E-state index contributed by atoms with van der Waals surface area (Å²) in [5.74, 6) is 0.584. The largest absolute Gasteiger partial charge is 0.307 e. The van der Waals surface area contributed by atoms with Crippen LogP contribution in [0.3, 0.4) is 0 Å². The molecule has 3 aromatic rings. The van der Waals surface area contributed by atoms with Crippen LogP contribution in [-0.4, -0.2) is 38.7 Å². The van der Waals surface area contributed by atoms with Crippen LogP contribution < -0.4 is 5.32 Å². The molecule has 2 aromatic heterocycles. The van der Waals surface area contributed by atoms with Gasteiger partial charge >= 0.3 is 0 Å². The Morgan fingerprint density at radius 2 is 1.83 bits per heavy atom. The van der Waals surface area contributed by atoms with Gasteiger partial charge in [-0.05, 0) is 42.5 Å². The molecule has 1 saturated heterocycles. The van der Waals surface area contributed by atoms with Crippen molar-refractivity contribution in [3.8, 4) is 0 Å². The van der Waals surface area contributed by atoms with Crippen molar-refractivity contribution >= 4 is 11.7 Å². The maximum absolute atomic E-state index is 12.4. The number of piperidine rings is 1. The van der Waals surface area contributed by atoms with Crippen molar-refractivity contribution in [1.29, 1.82) is 0 Å². The predicted molar refractivity (Wildman–Crippen MR) is 114 cm³/mol. The van der Waals surface area contributed by atoms with E-state index >= 15 is 0 Å². The van der Waals surface area contributed by atoms with Crippen LogP contribution in [0.25, 0.3) is 0 Å². The quantitative estimate of drug-likeness (QED) is 0.694. The SMILES string of the molecule is CCc1ccc(CN2CCC(n3nccc3NC(=O)c3cccnc3)CC2)cc1. The van der Waals surface area contributed by atoms with E-state index in [-0.39, 0.29) is 5.91 Å². The molecule has 1 aromatic carbocycles. The highest BCUT2D eigenvalue weighted by Crippen LogP contribution is 2.26. The number of amides is 1. The Morgan fingerprint density at radius 3 is 2.52 bits per heavy atom. The van der Waals surface area contributed by atoms with Gasteiger partial charge in [-0.2, -0.15) is 5.10 Å². The third-order valence-corrected chi connectivity index (χ3v) is 5.58. The first kappa shape index (κ1) is 19.3. The molecule has 0 bridgehead atoms. The summed E-state index contributed by atoms with van der Waals surface area (Å²) < 4.78 is 1.96. The van der Waals surface area contributed by atoms with E-state index in [1.807, 2.05) is 10.7 Å². The molecule has 3 heterocycles. The lowest BCUT2D eigenvalue weighted by Gasteiger charge is -2.32. The molecule has 0 unspecified atom stereocenters. The summed E-state index contributed by atoms with van der Waals surface area (Å²) in [4.78, 5) is 19.0. The van der Waals surface area contributed by atoms with Gasteiger partial charge in [0, 0.05) is 38.1 Å². The second-order valence-electron chi connectivity index (χ2n) is 7.53. The second kappa shape index (κ2) is 9.01. The first-order valence-electron chi connectivity index (χ1n) is 10.3. The Bertz CT molecular complexity index is 927. The lowest BCUT2D eigenvalue weighted by molar-refractivity contribution is 0.102. The first-order valence-corrected chi connectivity index (χ1v) is 10.3. The molecule has 150 valence electrons. The van der Waals surface area contributed by atoms with Crippen LogP contribution in [0.5, 0.6) is 0 Å². The predicted octanol–water partition coefficient (Wildman–Crippen LogP) is 3.93. The smallest absolute Gasteiger partial charge is 0.258 e. The Morgan fingerprint density at radius 1 is 1.07 bits per heavy atom. The van der Waals surface area contributed by atoms with E-state index in [0.717, 1.165) is 44.7 Å². The maximum atomic E-state index is 12.4. The van der Waals surface area contributed by atoms with Gasteiger partial charge in [-0.1, -0.05) is 31.2 Å². The number of hydrogen-bond acceptors (Lipinski definition) is 4. The van der Waals surface area contributed by atoms with E-state index in [9.17, 15) is 4.79 Å². The molecule has 0 radical (unpaired) electrons. The molecular formula is C23H27N5O. The lowest BCUT2D eigenvalue weighted by Crippen LogP contribution is -2.35. The Labute approximate surface area is 171 Å². The van der Waals surface area contributed by atoms with Gasteiger partial charge < -0.3 is 5.32 Å². The lowest BCUT2D eigenvalue weighted by atomic mass is 10.0. The van der Waals surface area contributed by atoms with Crippen LogP contribution in [-0.2, 0) is 13.0 Å². The second-order valence-corrected chi connectivity index (χ2v) is 7.53. The highest BCUT2D eigenvalue weighted by atomic mass is 16.1. The average molecular weight is 390 g/mol.